The molecule has 2 rings (SSSR count). The van der Waals surface area contributed by atoms with E-state index in [1.807, 2.05) is 0 Å². The van der Waals surface area contributed by atoms with Crippen LogP contribution in [0.25, 0.3) is 0 Å². The molecule has 0 aromatic carbocycles. The molecule has 2 aliphatic heterocycles. The fraction of sp³-hybridized carbons (Fsp3) is 1.00. The predicted octanol–water partition coefficient (Wildman–Crippen LogP) is -1.46. The molecule has 0 unspecified atom stereocenters. The van der Waals surface area contributed by atoms with Crippen LogP contribution >= 0.6 is 0 Å². The number of aliphatic hydroxyl groups excluding tert-OH is 2. The van der Waals surface area contributed by atoms with Gasteiger partial charge in [0.25, 0.3) is 0 Å². The first-order valence-electron chi connectivity index (χ1n) is 10.5. The number of hydrogen-bond acceptors (Lipinski definition) is 12. The van der Waals surface area contributed by atoms with Crippen molar-refractivity contribution in [1.82, 2.24) is 0 Å². The molecule has 0 aromatic rings. The third-order valence-electron chi connectivity index (χ3n) is 5.65. The maximum Gasteiger partial charge on any atom is 0.186 e. The van der Waals surface area contributed by atoms with E-state index in [9.17, 15) is 10.2 Å². The van der Waals surface area contributed by atoms with Crippen LogP contribution in [0, 0.1) is 0 Å². The highest BCUT2D eigenvalue weighted by Crippen LogP contribution is 2.29. The highest BCUT2D eigenvalue weighted by atomic mass is 16.7. The smallest absolute Gasteiger partial charge is 0.186 e. The molecule has 12 heteroatoms. The maximum absolute atomic E-state index is 10.5. The van der Waals surface area contributed by atoms with Crippen molar-refractivity contribution in [3.05, 3.63) is 0 Å². The van der Waals surface area contributed by atoms with Crippen LogP contribution in [-0.4, -0.2) is 141 Å². The average Bonchev–Trinajstić information content (AvgIpc) is 3.28. The number of aliphatic hydroxyl groups is 2. The van der Waals surface area contributed by atoms with Crippen molar-refractivity contribution in [3.63, 3.8) is 0 Å². The number of rotatable bonds is 15. The van der Waals surface area contributed by atoms with Crippen molar-refractivity contribution in [1.29, 1.82) is 0 Å². The van der Waals surface area contributed by atoms with E-state index in [2.05, 4.69) is 0 Å². The lowest BCUT2D eigenvalue weighted by Crippen LogP contribution is -2.43. The third-order valence-corrected chi connectivity index (χ3v) is 5.65. The standard InChI is InChI=1S/C20H38O12/c1-23-9-11(25-3)15-17(27-5)13(21)19(31-15)29-7-8-30-20-14(22)18(28-6)16(32-20)12(26-4)10-24-2/h11-22H,7-10H2,1-6H3/t11-,12-,13-,14-,15-,16-,17-,18-,19-,20-/m1/s1. The molecule has 190 valence electrons. The highest BCUT2D eigenvalue weighted by Gasteiger charge is 2.50. The average molecular weight is 471 g/mol. The van der Waals surface area contributed by atoms with E-state index >= 15 is 0 Å². The Balaban J connectivity index is 1.84. The molecule has 0 saturated carbocycles. The van der Waals surface area contributed by atoms with Crippen molar-refractivity contribution in [2.45, 2.75) is 61.4 Å². The van der Waals surface area contributed by atoms with Gasteiger partial charge in [0.05, 0.1) is 26.4 Å². The molecule has 12 nitrogen and oxygen atoms in total. The van der Waals surface area contributed by atoms with Gasteiger partial charge >= 0.3 is 0 Å². The van der Waals surface area contributed by atoms with Crippen LogP contribution in [0.1, 0.15) is 0 Å². The summed E-state index contributed by atoms with van der Waals surface area (Å²) in [5.74, 6) is 0. The second kappa shape index (κ2) is 14.0. The summed E-state index contributed by atoms with van der Waals surface area (Å²) in [5.41, 5.74) is 0. The normalized spacial score (nSPS) is 37.1. The molecule has 32 heavy (non-hydrogen) atoms. The zero-order valence-corrected chi connectivity index (χ0v) is 19.6. The Morgan fingerprint density at radius 3 is 1.31 bits per heavy atom. The minimum absolute atomic E-state index is 0.0769. The zero-order valence-electron chi connectivity index (χ0n) is 19.6. The fourth-order valence-electron chi connectivity index (χ4n) is 4.00. The number of ether oxygens (including phenoxy) is 10. The van der Waals surface area contributed by atoms with Gasteiger partial charge < -0.3 is 57.6 Å². The van der Waals surface area contributed by atoms with Crippen molar-refractivity contribution >= 4 is 0 Å². The lowest BCUT2D eigenvalue weighted by atomic mass is 10.1. The Morgan fingerprint density at radius 2 is 1.03 bits per heavy atom. The molecular formula is C20H38O12. The Bertz CT molecular complexity index is 467. The summed E-state index contributed by atoms with van der Waals surface area (Å²) in [6.07, 6.45) is -7.20. The molecule has 0 bridgehead atoms. The van der Waals surface area contributed by atoms with E-state index in [1.165, 1.54) is 28.4 Å². The van der Waals surface area contributed by atoms with Crippen LogP contribution in [0.4, 0.5) is 0 Å². The molecule has 2 N–H and O–H groups in total. The minimum Gasteiger partial charge on any atom is -0.385 e. The van der Waals surface area contributed by atoms with Crippen molar-refractivity contribution < 1.29 is 57.6 Å². The molecule has 2 saturated heterocycles. The van der Waals surface area contributed by atoms with E-state index < -0.39 is 61.4 Å². The Hall–Kier alpha value is -0.480. The van der Waals surface area contributed by atoms with Crippen LogP contribution in [0.3, 0.4) is 0 Å². The fourth-order valence-corrected chi connectivity index (χ4v) is 4.00. The summed E-state index contributed by atoms with van der Waals surface area (Å²) in [7, 11) is 9.12. The molecular weight excluding hydrogens is 432 g/mol. The van der Waals surface area contributed by atoms with Gasteiger partial charge in [-0.05, 0) is 0 Å². The zero-order chi connectivity index (χ0) is 23.7. The molecule has 2 aliphatic rings. The molecule has 0 amide bonds. The molecule has 0 radical (unpaired) electrons. The summed E-state index contributed by atoms with van der Waals surface area (Å²) in [5, 5.41) is 21.0. The maximum atomic E-state index is 10.5. The summed E-state index contributed by atoms with van der Waals surface area (Å²) >= 11 is 0. The lowest BCUT2D eigenvalue weighted by Gasteiger charge is -2.25. The quantitative estimate of drug-likeness (QED) is 0.271. The SMILES string of the molecule is COC[C@@H](OC)[C@H]1O[C@@H](OCCO[C@@H]2O[C@H]([C@@H](COC)OC)[C@H](OC)[C@H]2O)[C@H](O)[C@H]1OC. The Labute approximate surface area is 188 Å². The molecule has 0 spiro atoms. The summed E-state index contributed by atoms with van der Waals surface area (Å²) in [6, 6.07) is 0. The van der Waals surface area contributed by atoms with Crippen molar-refractivity contribution in [2.75, 3.05) is 69.1 Å². The van der Waals surface area contributed by atoms with Gasteiger partial charge in [-0.2, -0.15) is 0 Å². The second-order valence-corrected chi connectivity index (χ2v) is 7.52. The topological polar surface area (TPSA) is 133 Å². The van der Waals surface area contributed by atoms with Crippen LogP contribution in [0.5, 0.6) is 0 Å². The van der Waals surface area contributed by atoms with Gasteiger partial charge in [0.1, 0.15) is 48.8 Å². The van der Waals surface area contributed by atoms with E-state index in [0.29, 0.717) is 0 Å². The van der Waals surface area contributed by atoms with Gasteiger partial charge in [-0.1, -0.05) is 0 Å². The van der Waals surface area contributed by atoms with E-state index in [1.54, 1.807) is 14.2 Å². The Kier molecular flexibility index (Phi) is 12.2. The van der Waals surface area contributed by atoms with E-state index in [-0.39, 0.29) is 26.4 Å². The van der Waals surface area contributed by atoms with Crippen LogP contribution < -0.4 is 0 Å². The van der Waals surface area contributed by atoms with Gasteiger partial charge in [0, 0.05) is 42.7 Å². The first-order valence-corrected chi connectivity index (χ1v) is 10.5. The first kappa shape index (κ1) is 27.8. The summed E-state index contributed by atoms with van der Waals surface area (Å²) in [4.78, 5) is 0. The monoisotopic (exact) mass is 470 g/mol. The number of hydrogen-bond donors (Lipinski definition) is 2. The van der Waals surface area contributed by atoms with Crippen LogP contribution in [0.15, 0.2) is 0 Å². The van der Waals surface area contributed by atoms with Crippen LogP contribution in [0.2, 0.25) is 0 Å². The van der Waals surface area contributed by atoms with Gasteiger partial charge in [-0.25, -0.2) is 0 Å². The van der Waals surface area contributed by atoms with Gasteiger partial charge in [-0.3, -0.25) is 0 Å². The molecule has 0 aliphatic carbocycles. The predicted molar refractivity (Wildman–Crippen MR) is 108 cm³/mol. The number of methoxy groups -OCH3 is 6. The second-order valence-electron chi connectivity index (χ2n) is 7.52. The summed E-state index contributed by atoms with van der Waals surface area (Å²) < 4.78 is 54.7. The van der Waals surface area contributed by atoms with Crippen molar-refractivity contribution in [3.8, 4) is 0 Å². The molecule has 2 fully saturated rings. The molecule has 10 atom stereocenters. The van der Waals surface area contributed by atoms with E-state index in [4.69, 9.17) is 47.4 Å². The molecule has 0 aromatic heterocycles. The van der Waals surface area contributed by atoms with Crippen molar-refractivity contribution in [2.24, 2.45) is 0 Å². The lowest BCUT2D eigenvalue weighted by molar-refractivity contribution is -0.214. The minimum atomic E-state index is -1.02. The van der Waals surface area contributed by atoms with Crippen LogP contribution in [-0.2, 0) is 47.4 Å². The first-order chi connectivity index (χ1) is 15.5. The van der Waals surface area contributed by atoms with Gasteiger partial charge in [0.2, 0.25) is 0 Å². The van der Waals surface area contributed by atoms with Gasteiger partial charge in [0.15, 0.2) is 12.6 Å². The third kappa shape index (κ3) is 6.56. The Morgan fingerprint density at radius 1 is 0.656 bits per heavy atom. The van der Waals surface area contributed by atoms with E-state index in [0.717, 1.165) is 0 Å². The largest absolute Gasteiger partial charge is 0.385 e. The van der Waals surface area contributed by atoms with Gasteiger partial charge in [-0.15, -0.1) is 0 Å². The molecule has 2 heterocycles. The summed E-state index contributed by atoms with van der Waals surface area (Å²) in [6.45, 7) is 0.697. The highest BCUT2D eigenvalue weighted by molar-refractivity contribution is 4.93.